The highest BCUT2D eigenvalue weighted by molar-refractivity contribution is 5.48. The first-order valence-corrected chi connectivity index (χ1v) is 6.96. The first-order chi connectivity index (χ1) is 8.74. The highest BCUT2D eigenvalue weighted by atomic mass is 16.3. The fourth-order valence-corrected chi connectivity index (χ4v) is 2.54. The van der Waals surface area contributed by atoms with Crippen molar-refractivity contribution in [2.24, 2.45) is 11.7 Å². The van der Waals surface area contributed by atoms with Gasteiger partial charge in [-0.2, -0.15) is 0 Å². The van der Waals surface area contributed by atoms with E-state index in [0.29, 0.717) is 12.5 Å². The Bertz CT molecular complexity index is 355. The van der Waals surface area contributed by atoms with Crippen molar-refractivity contribution in [3.8, 4) is 0 Å². The molecule has 0 aromatic heterocycles. The van der Waals surface area contributed by atoms with Gasteiger partial charge >= 0.3 is 0 Å². The monoisotopic (exact) mass is 248 g/mol. The zero-order chi connectivity index (χ0) is 13.0. The highest BCUT2D eigenvalue weighted by Crippen LogP contribution is 2.24. The number of aliphatic hydroxyl groups is 1. The smallest absolute Gasteiger partial charge is 0.0460 e. The fraction of sp³-hybridized carbons (Fsp3) is 0.600. The minimum absolute atomic E-state index is 0.152. The molecule has 1 saturated heterocycles. The van der Waals surface area contributed by atoms with Crippen LogP contribution in [0.1, 0.15) is 37.8 Å². The molecule has 3 N–H and O–H groups in total. The highest BCUT2D eigenvalue weighted by Gasteiger charge is 2.18. The van der Waals surface area contributed by atoms with Gasteiger partial charge in [-0.1, -0.05) is 19.1 Å². The van der Waals surface area contributed by atoms with Crippen LogP contribution in [0.15, 0.2) is 24.3 Å². The summed E-state index contributed by atoms with van der Waals surface area (Å²) in [5, 5.41) is 9.14. The molecular formula is C15H24N2O. The minimum Gasteiger partial charge on any atom is -0.396 e. The van der Waals surface area contributed by atoms with Gasteiger partial charge in [-0.05, 0) is 42.9 Å². The maximum atomic E-state index is 9.14. The van der Waals surface area contributed by atoms with Crippen molar-refractivity contribution < 1.29 is 5.11 Å². The molecule has 0 saturated carbocycles. The van der Waals surface area contributed by atoms with E-state index < -0.39 is 0 Å². The molecule has 18 heavy (non-hydrogen) atoms. The van der Waals surface area contributed by atoms with Gasteiger partial charge in [0.1, 0.15) is 0 Å². The second kappa shape index (κ2) is 6.21. The Balaban J connectivity index is 1.98. The van der Waals surface area contributed by atoms with Crippen molar-refractivity contribution in [2.45, 2.75) is 32.2 Å². The molecule has 1 atom stereocenters. The average molecular weight is 248 g/mol. The van der Waals surface area contributed by atoms with Crippen LogP contribution in [0, 0.1) is 5.92 Å². The van der Waals surface area contributed by atoms with E-state index in [-0.39, 0.29) is 6.04 Å². The number of hydrogen-bond acceptors (Lipinski definition) is 3. The van der Waals surface area contributed by atoms with E-state index in [1.807, 2.05) is 0 Å². The van der Waals surface area contributed by atoms with Gasteiger partial charge in [0.05, 0.1) is 0 Å². The Morgan fingerprint density at radius 1 is 1.28 bits per heavy atom. The van der Waals surface area contributed by atoms with Gasteiger partial charge in [-0.15, -0.1) is 0 Å². The molecule has 1 unspecified atom stereocenters. The first kappa shape index (κ1) is 13.4. The topological polar surface area (TPSA) is 49.5 Å². The van der Waals surface area contributed by atoms with E-state index in [1.54, 1.807) is 0 Å². The van der Waals surface area contributed by atoms with Crippen LogP contribution < -0.4 is 10.6 Å². The van der Waals surface area contributed by atoms with Crippen molar-refractivity contribution in [3.63, 3.8) is 0 Å². The second-order valence-corrected chi connectivity index (χ2v) is 5.22. The normalized spacial score (nSPS) is 18.9. The molecule has 1 aromatic rings. The largest absolute Gasteiger partial charge is 0.396 e. The summed E-state index contributed by atoms with van der Waals surface area (Å²) in [6.45, 7) is 4.53. The summed E-state index contributed by atoms with van der Waals surface area (Å²) in [6.07, 6.45) is 3.15. The zero-order valence-electron chi connectivity index (χ0n) is 11.2. The molecule has 0 amide bonds. The van der Waals surface area contributed by atoms with Gasteiger partial charge in [0.25, 0.3) is 0 Å². The number of rotatable bonds is 4. The molecule has 0 spiro atoms. The number of nitrogens with two attached hydrogens (primary N) is 1. The van der Waals surface area contributed by atoms with Crippen molar-refractivity contribution in [2.75, 3.05) is 24.6 Å². The van der Waals surface area contributed by atoms with Gasteiger partial charge < -0.3 is 15.7 Å². The van der Waals surface area contributed by atoms with E-state index >= 15 is 0 Å². The van der Waals surface area contributed by atoms with Gasteiger partial charge in [0, 0.05) is 31.4 Å². The molecule has 0 aliphatic carbocycles. The molecular weight excluding hydrogens is 224 g/mol. The minimum atomic E-state index is 0.152. The molecule has 1 aliphatic rings. The number of hydrogen-bond donors (Lipinski definition) is 2. The molecule has 0 bridgehead atoms. The van der Waals surface area contributed by atoms with Crippen LogP contribution in [0.5, 0.6) is 0 Å². The number of aliphatic hydroxyl groups excluding tert-OH is 1. The molecule has 0 radical (unpaired) electrons. The van der Waals surface area contributed by atoms with Crippen LogP contribution in [-0.2, 0) is 0 Å². The molecule has 1 aromatic carbocycles. The lowest BCUT2D eigenvalue weighted by molar-refractivity contribution is 0.203. The maximum Gasteiger partial charge on any atom is 0.0460 e. The van der Waals surface area contributed by atoms with Crippen LogP contribution in [0.4, 0.5) is 5.69 Å². The average Bonchev–Trinajstić information content (AvgIpc) is 2.47. The van der Waals surface area contributed by atoms with Crippen LogP contribution >= 0.6 is 0 Å². The molecule has 1 heterocycles. The zero-order valence-corrected chi connectivity index (χ0v) is 11.2. The lowest BCUT2D eigenvalue weighted by Crippen LogP contribution is -2.34. The molecule has 2 rings (SSSR count). The molecule has 1 fully saturated rings. The predicted molar refractivity (Wildman–Crippen MR) is 75.7 cm³/mol. The molecule has 100 valence electrons. The van der Waals surface area contributed by atoms with E-state index in [1.165, 1.54) is 11.3 Å². The molecule has 3 nitrogen and oxygen atoms in total. The third-order valence-corrected chi connectivity index (χ3v) is 4.00. The van der Waals surface area contributed by atoms with Crippen LogP contribution in [0.3, 0.4) is 0 Å². The van der Waals surface area contributed by atoms with Gasteiger partial charge in [-0.25, -0.2) is 0 Å². The SMILES string of the molecule is CCC(N)c1ccc(N2CCC(CO)CC2)cc1. The van der Waals surface area contributed by atoms with Gasteiger partial charge in [0.15, 0.2) is 0 Å². The fourth-order valence-electron chi connectivity index (χ4n) is 2.54. The standard InChI is InChI=1S/C15H24N2O/c1-2-15(16)13-3-5-14(6-4-13)17-9-7-12(11-18)8-10-17/h3-6,12,15,18H,2,7-11,16H2,1H3. The van der Waals surface area contributed by atoms with Crippen LogP contribution in [0.2, 0.25) is 0 Å². The lowest BCUT2D eigenvalue weighted by atomic mass is 9.97. The quantitative estimate of drug-likeness (QED) is 0.859. The number of nitrogens with zero attached hydrogens (tertiary/aromatic N) is 1. The Morgan fingerprint density at radius 2 is 1.89 bits per heavy atom. The summed E-state index contributed by atoms with van der Waals surface area (Å²) < 4.78 is 0. The van der Waals surface area contributed by atoms with Gasteiger partial charge in [-0.3, -0.25) is 0 Å². The van der Waals surface area contributed by atoms with Crippen molar-refractivity contribution >= 4 is 5.69 Å². The predicted octanol–water partition coefficient (Wildman–Crippen LogP) is 2.31. The summed E-state index contributed by atoms with van der Waals surface area (Å²) in [4.78, 5) is 2.40. The molecule has 3 heteroatoms. The van der Waals surface area contributed by atoms with E-state index in [4.69, 9.17) is 10.8 Å². The number of benzene rings is 1. The van der Waals surface area contributed by atoms with Crippen LogP contribution in [-0.4, -0.2) is 24.8 Å². The van der Waals surface area contributed by atoms with Crippen molar-refractivity contribution in [3.05, 3.63) is 29.8 Å². The Morgan fingerprint density at radius 3 is 2.39 bits per heavy atom. The van der Waals surface area contributed by atoms with Crippen LogP contribution in [0.25, 0.3) is 0 Å². The Labute approximate surface area is 110 Å². The second-order valence-electron chi connectivity index (χ2n) is 5.22. The third-order valence-electron chi connectivity index (χ3n) is 4.00. The summed E-state index contributed by atoms with van der Waals surface area (Å²) in [6, 6.07) is 8.77. The van der Waals surface area contributed by atoms with Crippen molar-refractivity contribution in [1.29, 1.82) is 0 Å². The Kier molecular flexibility index (Phi) is 4.61. The molecule has 1 aliphatic heterocycles. The first-order valence-electron chi connectivity index (χ1n) is 6.96. The van der Waals surface area contributed by atoms with Gasteiger partial charge in [0.2, 0.25) is 0 Å². The van der Waals surface area contributed by atoms with E-state index in [2.05, 4.69) is 36.1 Å². The van der Waals surface area contributed by atoms with Crippen molar-refractivity contribution in [1.82, 2.24) is 0 Å². The Hall–Kier alpha value is -1.06. The van der Waals surface area contributed by atoms with E-state index in [0.717, 1.165) is 32.4 Å². The third kappa shape index (κ3) is 3.03. The maximum absolute atomic E-state index is 9.14. The number of piperidine rings is 1. The number of anilines is 1. The summed E-state index contributed by atoms with van der Waals surface area (Å²) >= 11 is 0. The van der Waals surface area contributed by atoms with E-state index in [9.17, 15) is 0 Å². The lowest BCUT2D eigenvalue weighted by Gasteiger charge is -2.33. The summed E-state index contributed by atoms with van der Waals surface area (Å²) in [5.41, 5.74) is 8.51. The summed E-state index contributed by atoms with van der Waals surface area (Å²) in [5.74, 6) is 0.494. The summed E-state index contributed by atoms with van der Waals surface area (Å²) in [7, 11) is 0.